The van der Waals surface area contributed by atoms with Gasteiger partial charge in [0.25, 0.3) is 0 Å². The van der Waals surface area contributed by atoms with E-state index in [1.54, 1.807) is 24.1 Å². The van der Waals surface area contributed by atoms with E-state index < -0.39 is 6.10 Å². The van der Waals surface area contributed by atoms with Crippen molar-refractivity contribution >= 4 is 27.6 Å². The standard InChI is InChI=1S/C13H17BrFNO3/c1-16(8-10(17)4-6-13(18)19-2)12-7-9(14)3-5-11(12)15/h3,5,7,10,17H,4,6,8H2,1-2H3. The summed E-state index contributed by atoms with van der Waals surface area (Å²) < 4.78 is 18.9. The van der Waals surface area contributed by atoms with Crippen LogP contribution in [0.3, 0.4) is 0 Å². The minimum atomic E-state index is -0.720. The molecule has 1 aromatic carbocycles. The fraction of sp³-hybridized carbons (Fsp3) is 0.462. The minimum absolute atomic E-state index is 0.145. The molecular formula is C13H17BrFNO3. The predicted molar refractivity (Wildman–Crippen MR) is 74.6 cm³/mol. The fourth-order valence-corrected chi connectivity index (χ4v) is 2.02. The van der Waals surface area contributed by atoms with Gasteiger partial charge in [0.2, 0.25) is 0 Å². The van der Waals surface area contributed by atoms with Gasteiger partial charge in [-0.3, -0.25) is 4.79 Å². The molecule has 1 unspecified atom stereocenters. The summed E-state index contributed by atoms with van der Waals surface area (Å²) in [4.78, 5) is 12.6. The summed E-state index contributed by atoms with van der Waals surface area (Å²) in [5, 5.41) is 9.80. The molecule has 1 rings (SSSR count). The molecule has 0 amide bonds. The number of methoxy groups -OCH3 is 1. The molecular weight excluding hydrogens is 317 g/mol. The van der Waals surface area contributed by atoms with E-state index in [0.29, 0.717) is 5.69 Å². The van der Waals surface area contributed by atoms with E-state index in [1.807, 2.05) is 0 Å². The molecule has 0 aromatic heterocycles. The molecule has 0 aliphatic rings. The first kappa shape index (κ1) is 15.9. The molecule has 0 heterocycles. The van der Waals surface area contributed by atoms with E-state index in [4.69, 9.17) is 0 Å². The van der Waals surface area contributed by atoms with E-state index >= 15 is 0 Å². The predicted octanol–water partition coefficient (Wildman–Crippen LogP) is 2.34. The molecule has 0 spiro atoms. The van der Waals surface area contributed by atoms with Gasteiger partial charge in [-0.15, -0.1) is 0 Å². The highest BCUT2D eigenvalue weighted by Gasteiger charge is 2.14. The smallest absolute Gasteiger partial charge is 0.305 e. The third-order valence-corrected chi connectivity index (χ3v) is 3.21. The Morgan fingerprint density at radius 3 is 2.89 bits per heavy atom. The summed E-state index contributed by atoms with van der Waals surface area (Å²) in [6.45, 7) is 0.240. The van der Waals surface area contributed by atoms with Crippen molar-refractivity contribution in [3.05, 3.63) is 28.5 Å². The zero-order valence-electron chi connectivity index (χ0n) is 10.9. The molecule has 0 aliphatic carbocycles. The largest absolute Gasteiger partial charge is 0.469 e. The number of esters is 1. The molecule has 4 nitrogen and oxygen atoms in total. The lowest BCUT2D eigenvalue weighted by atomic mass is 10.2. The average Bonchev–Trinajstić information content (AvgIpc) is 2.38. The van der Waals surface area contributed by atoms with Gasteiger partial charge in [0, 0.05) is 24.5 Å². The van der Waals surface area contributed by atoms with Gasteiger partial charge >= 0.3 is 5.97 Å². The van der Waals surface area contributed by atoms with Crippen LogP contribution in [0.1, 0.15) is 12.8 Å². The van der Waals surface area contributed by atoms with Crippen LogP contribution in [0.4, 0.5) is 10.1 Å². The number of benzene rings is 1. The van der Waals surface area contributed by atoms with Crippen molar-refractivity contribution in [2.75, 3.05) is 25.6 Å². The van der Waals surface area contributed by atoms with E-state index in [0.717, 1.165) is 4.47 Å². The zero-order chi connectivity index (χ0) is 14.4. The van der Waals surface area contributed by atoms with Crippen molar-refractivity contribution in [1.82, 2.24) is 0 Å². The summed E-state index contributed by atoms with van der Waals surface area (Å²) >= 11 is 3.27. The summed E-state index contributed by atoms with van der Waals surface area (Å²) in [7, 11) is 2.99. The first-order valence-corrected chi connectivity index (χ1v) is 6.64. The van der Waals surface area contributed by atoms with Crippen molar-refractivity contribution in [3.8, 4) is 0 Å². The van der Waals surface area contributed by atoms with Gasteiger partial charge in [0.05, 0.1) is 18.9 Å². The Morgan fingerprint density at radius 1 is 1.58 bits per heavy atom. The Morgan fingerprint density at radius 2 is 2.26 bits per heavy atom. The minimum Gasteiger partial charge on any atom is -0.469 e. The molecule has 0 saturated heterocycles. The number of aliphatic hydroxyl groups is 1. The van der Waals surface area contributed by atoms with Crippen LogP contribution in [-0.2, 0) is 9.53 Å². The highest BCUT2D eigenvalue weighted by molar-refractivity contribution is 9.10. The molecule has 1 N–H and O–H groups in total. The number of rotatable bonds is 6. The number of hydrogen-bond donors (Lipinski definition) is 1. The maximum absolute atomic E-state index is 13.6. The molecule has 0 aliphatic heterocycles. The second kappa shape index (κ2) is 7.45. The van der Waals surface area contributed by atoms with Crippen LogP contribution in [0.2, 0.25) is 0 Å². The number of carbonyl (C=O) groups excluding carboxylic acids is 1. The molecule has 0 saturated carbocycles. The Kier molecular flexibility index (Phi) is 6.24. The van der Waals surface area contributed by atoms with E-state index in [9.17, 15) is 14.3 Å². The van der Waals surface area contributed by atoms with Gasteiger partial charge < -0.3 is 14.7 Å². The first-order chi connectivity index (χ1) is 8.93. The van der Waals surface area contributed by atoms with Gasteiger partial charge in [-0.2, -0.15) is 0 Å². The van der Waals surface area contributed by atoms with E-state index in [-0.39, 0.29) is 31.2 Å². The number of hydrogen-bond acceptors (Lipinski definition) is 4. The second-order valence-electron chi connectivity index (χ2n) is 4.24. The fourth-order valence-electron chi connectivity index (χ4n) is 1.67. The summed E-state index contributed by atoms with van der Waals surface area (Å²) in [5.74, 6) is -0.721. The first-order valence-electron chi connectivity index (χ1n) is 5.85. The molecule has 0 bridgehead atoms. The molecule has 0 radical (unpaired) electrons. The van der Waals surface area contributed by atoms with Crippen molar-refractivity contribution in [3.63, 3.8) is 0 Å². The zero-order valence-corrected chi connectivity index (χ0v) is 12.5. The lowest BCUT2D eigenvalue weighted by molar-refractivity contribution is -0.141. The van der Waals surface area contributed by atoms with Crippen LogP contribution in [0.15, 0.2) is 22.7 Å². The Bertz CT molecular complexity index is 442. The number of nitrogens with zero attached hydrogens (tertiary/aromatic N) is 1. The van der Waals surface area contributed by atoms with Crippen molar-refractivity contribution in [2.45, 2.75) is 18.9 Å². The number of anilines is 1. The summed E-state index contributed by atoms with van der Waals surface area (Å²) in [6, 6.07) is 4.61. The average molecular weight is 334 g/mol. The molecule has 106 valence electrons. The van der Waals surface area contributed by atoms with Gasteiger partial charge in [0.15, 0.2) is 0 Å². The van der Waals surface area contributed by atoms with Crippen molar-refractivity contribution in [2.24, 2.45) is 0 Å². The monoisotopic (exact) mass is 333 g/mol. The van der Waals surface area contributed by atoms with Crippen LogP contribution < -0.4 is 4.90 Å². The van der Waals surface area contributed by atoms with Gasteiger partial charge in [0.1, 0.15) is 5.82 Å². The second-order valence-corrected chi connectivity index (χ2v) is 5.16. The van der Waals surface area contributed by atoms with E-state index in [1.165, 1.54) is 13.2 Å². The third-order valence-electron chi connectivity index (χ3n) is 2.71. The van der Waals surface area contributed by atoms with E-state index in [2.05, 4.69) is 20.7 Å². The van der Waals surface area contributed by atoms with Crippen LogP contribution in [0.25, 0.3) is 0 Å². The lowest BCUT2D eigenvalue weighted by Crippen LogP contribution is -2.30. The van der Waals surface area contributed by atoms with Crippen molar-refractivity contribution < 1.29 is 19.0 Å². The summed E-state index contributed by atoms with van der Waals surface area (Å²) in [5.41, 5.74) is 0.395. The van der Waals surface area contributed by atoms with Crippen molar-refractivity contribution in [1.29, 1.82) is 0 Å². The summed E-state index contributed by atoms with van der Waals surface area (Å²) in [6.07, 6.45) is -0.290. The quantitative estimate of drug-likeness (QED) is 0.812. The van der Waals surface area contributed by atoms with Gasteiger partial charge in [-0.25, -0.2) is 4.39 Å². The Hall–Kier alpha value is -1.14. The SMILES string of the molecule is COC(=O)CCC(O)CN(C)c1cc(Br)ccc1F. The molecule has 0 fully saturated rings. The Labute approximate surface area is 120 Å². The molecule has 19 heavy (non-hydrogen) atoms. The topological polar surface area (TPSA) is 49.8 Å². The molecule has 1 aromatic rings. The molecule has 1 atom stereocenters. The highest BCUT2D eigenvalue weighted by Crippen LogP contribution is 2.23. The number of likely N-dealkylation sites (N-methyl/N-ethyl adjacent to an activating group) is 1. The number of halogens is 2. The van der Waals surface area contributed by atoms with Crippen LogP contribution in [-0.4, -0.2) is 37.9 Å². The molecule has 6 heteroatoms. The van der Waals surface area contributed by atoms with Crippen LogP contribution in [0, 0.1) is 5.82 Å². The maximum atomic E-state index is 13.6. The Balaban J connectivity index is 2.56. The van der Waals surface area contributed by atoms with Crippen LogP contribution in [0.5, 0.6) is 0 Å². The number of aliphatic hydroxyl groups excluding tert-OH is 1. The maximum Gasteiger partial charge on any atom is 0.305 e. The third kappa shape index (κ3) is 5.16. The van der Waals surface area contributed by atoms with Gasteiger partial charge in [-0.1, -0.05) is 15.9 Å². The lowest BCUT2D eigenvalue weighted by Gasteiger charge is -2.23. The normalized spacial score (nSPS) is 12.1. The number of ether oxygens (including phenoxy) is 1. The number of carbonyl (C=O) groups is 1. The van der Waals surface area contributed by atoms with Gasteiger partial charge in [-0.05, 0) is 24.6 Å². The van der Waals surface area contributed by atoms with Crippen LogP contribution >= 0.6 is 15.9 Å². The highest BCUT2D eigenvalue weighted by atomic mass is 79.9.